The average molecular weight is 1300 g/mol. The molecule has 0 aliphatic rings. The van der Waals surface area contributed by atoms with Crippen LogP contribution in [0.15, 0.2) is 112 Å². The third-order valence-corrected chi connectivity index (χ3v) is 16.8. The van der Waals surface area contributed by atoms with Crippen molar-refractivity contribution in [1.82, 2.24) is 16.0 Å². The first-order valence-corrected chi connectivity index (χ1v) is 33.0. The van der Waals surface area contributed by atoms with Gasteiger partial charge in [-0.05, 0) is 148 Å². The number of hydrogen-bond acceptors (Lipinski definition) is 17. The van der Waals surface area contributed by atoms with E-state index in [0.717, 1.165) is 0 Å². The summed E-state index contributed by atoms with van der Waals surface area (Å²) in [5, 5.41) is 11.5. The predicted molar refractivity (Wildman–Crippen MR) is 358 cm³/mol. The maximum Gasteiger partial charge on any atom is 0.253 e. The molecule has 0 unspecified atom stereocenters. The Kier molecular flexibility index (Phi) is 30.8. The molecule has 4 rings (SSSR count). The number of benzene rings is 4. The van der Waals surface area contributed by atoms with Crippen molar-refractivity contribution < 1.29 is 38.4 Å². The maximum absolute atomic E-state index is 14.5. The summed E-state index contributed by atoms with van der Waals surface area (Å²) in [7, 11) is 0. The number of nitrogens with one attached hydrogen (secondary N) is 4. The first kappa shape index (κ1) is 73.2. The molecule has 0 aromatic heterocycles. The highest BCUT2D eigenvalue weighted by atomic mass is 32.2. The van der Waals surface area contributed by atoms with Gasteiger partial charge in [0.1, 0.15) is 6.04 Å². The number of nitrogens with zero attached hydrogens (tertiary/aromatic N) is 4. The van der Waals surface area contributed by atoms with E-state index in [0.29, 0.717) is 68.5 Å². The van der Waals surface area contributed by atoms with Gasteiger partial charge in [0.2, 0.25) is 11.8 Å². The Morgan fingerprint density at radius 2 is 0.719 bits per heavy atom. The number of carbonyl (C=O) groups is 8. The van der Waals surface area contributed by atoms with Crippen molar-refractivity contribution in [3.63, 3.8) is 0 Å². The van der Waals surface area contributed by atoms with Crippen LogP contribution < -0.4 is 78.6 Å². The lowest BCUT2D eigenvalue weighted by Gasteiger charge is -2.21. The predicted octanol–water partition coefficient (Wildman–Crippen LogP) is 1.88. The van der Waals surface area contributed by atoms with Gasteiger partial charge in [-0.2, -0.15) is 0 Å². The molecule has 0 bridgehead atoms. The monoisotopic (exact) mass is 1300 g/mol. The molecule has 4 aromatic rings. The molecule has 0 aliphatic carbocycles. The van der Waals surface area contributed by atoms with E-state index in [4.69, 9.17) is 57.3 Å². The Balaban J connectivity index is 1.60. The standard InChI is InChI=1S/C59H82N18O8S4/c1-86-47-17-13-32(25-36(47)51(61)81)29-45(79)42(11-7-23-72-58(66)67)76-54(84)39-31-35(16-20-50(39)89-4)74-55(85)43(12-8-24-73-59(68)69)77-53(83)38-27-34(15-19-49(38)88-3)30-46(80)41(10-6-22-71-57(64)65)75-52(82)37-26-33(14-18-48(37)87-2)28-44(78)40(60)9-5-21-70-56(62)63/h13-20,25-27,31,40-43H,5-12,21-24,28-30,60H2,1-4H3,(H2,61,81)(H,74,85)(H,75,82)(H,76,84)(H,77,83)(H4,62,63,70)(H4,64,65,71)(H4,66,67,72)(H4,68,69,73)/t40-,41-,42-,43-/m0/s1. The number of primary amides is 1. The number of anilines is 1. The summed E-state index contributed by atoms with van der Waals surface area (Å²) in [5.74, 6) is -4.64. The molecule has 5 amide bonds. The third kappa shape index (κ3) is 24.6. The van der Waals surface area contributed by atoms with Crippen LogP contribution in [-0.2, 0) is 38.4 Å². The molecular weight excluding hydrogens is 1220 g/mol. The second-order valence-electron chi connectivity index (χ2n) is 20.3. The van der Waals surface area contributed by atoms with Crippen LogP contribution in [0.5, 0.6) is 0 Å². The van der Waals surface area contributed by atoms with E-state index in [9.17, 15) is 38.4 Å². The number of amides is 5. The Labute approximate surface area is 534 Å². The topological polar surface area (TPSA) is 494 Å². The van der Waals surface area contributed by atoms with Gasteiger partial charge in [0.25, 0.3) is 17.7 Å². The fourth-order valence-corrected chi connectivity index (χ4v) is 11.4. The number of aliphatic imine (C=N–C) groups is 4. The normalized spacial score (nSPS) is 12.2. The minimum absolute atomic E-state index is 0.0458. The van der Waals surface area contributed by atoms with Gasteiger partial charge in [0, 0.05) is 70.7 Å². The van der Waals surface area contributed by atoms with Crippen molar-refractivity contribution in [3.05, 3.63) is 112 Å². The molecule has 24 N–H and O–H groups in total. The first-order valence-electron chi connectivity index (χ1n) is 28.2. The van der Waals surface area contributed by atoms with Gasteiger partial charge in [0.15, 0.2) is 41.2 Å². The Hall–Kier alpha value is -8.32. The molecule has 30 heteroatoms. The highest BCUT2D eigenvalue weighted by Crippen LogP contribution is 2.28. The van der Waals surface area contributed by atoms with Gasteiger partial charge >= 0.3 is 0 Å². The van der Waals surface area contributed by atoms with Crippen molar-refractivity contribution in [2.24, 2.45) is 77.3 Å². The number of hydrogen-bond donors (Lipinski definition) is 14. The molecule has 480 valence electrons. The molecule has 0 heterocycles. The number of carbonyl (C=O) groups excluding carboxylic acids is 8. The Bertz CT molecular complexity index is 3290. The van der Waals surface area contributed by atoms with E-state index < -0.39 is 59.5 Å². The molecule has 0 aliphatic heterocycles. The lowest BCUT2D eigenvalue weighted by atomic mass is 9.97. The van der Waals surface area contributed by atoms with Crippen LogP contribution >= 0.6 is 47.0 Å². The smallest absolute Gasteiger partial charge is 0.253 e. The van der Waals surface area contributed by atoms with Gasteiger partial charge in [-0.15, -0.1) is 47.0 Å². The van der Waals surface area contributed by atoms with E-state index in [1.165, 1.54) is 53.1 Å². The largest absolute Gasteiger partial charge is 0.370 e. The van der Waals surface area contributed by atoms with Gasteiger partial charge in [-0.1, -0.05) is 18.2 Å². The fourth-order valence-electron chi connectivity index (χ4n) is 9.11. The number of ketones is 3. The van der Waals surface area contributed by atoms with Crippen molar-refractivity contribution >= 4 is 123 Å². The van der Waals surface area contributed by atoms with Crippen LogP contribution in [0, 0.1) is 0 Å². The fraction of sp³-hybridized carbons (Fsp3) is 0.390. The number of rotatable bonds is 38. The summed E-state index contributed by atoms with van der Waals surface area (Å²) >= 11 is 5.16. The molecule has 0 saturated heterocycles. The molecule has 0 radical (unpaired) electrons. The zero-order valence-corrected chi connectivity index (χ0v) is 53.6. The van der Waals surface area contributed by atoms with Crippen LogP contribution in [-0.4, -0.2) is 146 Å². The zero-order chi connectivity index (χ0) is 65.7. The molecule has 4 aromatic carbocycles. The summed E-state index contributed by atoms with van der Waals surface area (Å²) in [6.45, 7) is 0.784. The van der Waals surface area contributed by atoms with Gasteiger partial charge < -0.3 is 78.6 Å². The molecule has 0 fully saturated rings. The van der Waals surface area contributed by atoms with Crippen molar-refractivity contribution in [1.29, 1.82) is 0 Å². The number of thioether (sulfide) groups is 4. The molecule has 0 saturated carbocycles. The van der Waals surface area contributed by atoms with E-state index in [1.54, 1.807) is 91.8 Å². The summed E-state index contributed by atoms with van der Waals surface area (Å²) in [4.78, 5) is 129. The summed E-state index contributed by atoms with van der Waals surface area (Å²) in [6.07, 6.45) is 8.77. The van der Waals surface area contributed by atoms with Crippen LogP contribution in [0.4, 0.5) is 5.69 Å². The average Bonchev–Trinajstić information content (AvgIpc) is 2.33. The SMILES string of the molecule is CSc1ccc(CC(=O)[C@H](CCCN=C(N)N)NC(=O)c2cc(NC(=O)[C@H](CCCN=C(N)N)NC(=O)c3cc(CC(=O)[C@H](CCCN=C(N)N)NC(=O)c4cc(CC(=O)[C@@H](N)CCCN=C(N)N)ccc4SC)ccc3SC)ccc2SC)cc1C(N)=O. The summed E-state index contributed by atoms with van der Waals surface area (Å²) in [6, 6.07) is 15.6. The van der Waals surface area contributed by atoms with Gasteiger partial charge in [-0.3, -0.25) is 58.3 Å². The zero-order valence-electron chi connectivity index (χ0n) is 50.3. The molecule has 26 nitrogen and oxygen atoms in total. The minimum atomic E-state index is -1.20. The molecule has 89 heavy (non-hydrogen) atoms. The van der Waals surface area contributed by atoms with Gasteiger partial charge in [0.05, 0.1) is 40.4 Å². The Morgan fingerprint density at radius 1 is 0.404 bits per heavy atom. The second-order valence-corrected chi connectivity index (χ2v) is 23.7. The van der Waals surface area contributed by atoms with E-state index in [-0.39, 0.29) is 128 Å². The second kappa shape index (κ2) is 37.5. The van der Waals surface area contributed by atoms with Crippen molar-refractivity contribution in [2.45, 2.75) is 114 Å². The first-order chi connectivity index (χ1) is 42.4. The lowest BCUT2D eigenvalue weighted by molar-refractivity contribution is -0.121. The third-order valence-electron chi connectivity index (χ3n) is 13.6. The number of Topliss-reactive ketones (excluding diaryl/α,β-unsaturated/α-hetero) is 3. The van der Waals surface area contributed by atoms with Crippen LogP contribution in [0.1, 0.15) is 109 Å². The summed E-state index contributed by atoms with van der Waals surface area (Å²) < 4.78 is 0. The van der Waals surface area contributed by atoms with Crippen LogP contribution in [0.2, 0.25) is 0 Å². The quantitative estimate of drug-likeness (QED) is 0.0132. The molecule has 0 spiro atoms. The molecular formula is C59H82N18O8S4. The van der Waals surface area contributed by atoms with Gasteiger partial charge in [-0.25, -0.2) is 0 Å². The number of nitrogens with two attached hydrogens (primary N) is 10. The van der Waals surface area contributed by atoms with Crippen LogP contribution in [0.3, 0.4) is 0 Å². The van der Waals surface area contributed by atoms with E-state index >= 15 is 0 Å². The highest BCUT2D eigenvalue weighted by molar-refractivity contribution is 7.99. The lowest BCUT2D eigenvalue weighted by Crippen LogP contribution is -2.44. The molecule has 4 atom stereocenters. The highest BCUT2D eigenvalue weighted by Gasteiger charge is 2.28. The maximum atomic E-state index is 14.5. The summed E-state index contributed by atoms with van der Waals surface area (Å²) in [5.41, 5.74) is 58.6. The van der Waals surface area contributed by atoms with E-state index in [1.807, 2.05) is 0 Å². The Morgan fingerprint density at radius 3 is 1.09 bits per heavy atom. The van der Waals surface area contributed by atoms with Crippen molar-refractivity contribution in [3.8, 4) is 0 Å². The number of guanidine groups is 4. The van der Waals surface area contributed by atoms with E-state index in [2.05, 4.69) is 41.2 Å². The van der Waals surface area contributed by atoms with Crippen LogP contribution in [0.25, 0.3) is 0 Å². The minimum Gasteiger partial charge on any atom is -0.370 e. The van der Waals surface area contributed by atoms with Crippen molar-refractivity contribution in [2.75, 3.05) is 56.5 Å².